The fraction of sp³-hybridized carbons (Fsp3) is 0.320. The highest BCUT2D eigenvalue weighted by Gasteiger charge is 2.22. The van der Waals surface area contributed by atoms with Crippen molar-refractivity contribution < 1.29 is 18.6 Å². The van der Waals surface area contributed by atoms with Gasteiger partial charge in [0, 0.05) is 0 Å². The van der Waals surface area contributed by atoms with Crippen LogP contribution in [0.4, 0.5) is 0 Å². The number of benzene rings is 2. The van der Waals surface area contributed by atoms with Crippen molar-refractivity contribution in [3.8, 4) is 17.8 Å². The van der Waals surface area contributed by atoms with Gasteiger partial charge in [0.1, 0.15) is 11.6 Å². The lowest BCUT2D eigenvalue weighted by Crippen LogP contribution is -2.15. The minimum absolute atomic E-state index is 0.0540. The maximum atomic E-state index is 6.23. The standard InChI is InChI=1S/C25H27N3O4/c1-25(2,3)17-12-10-16(11-13-17)20(14-23-26-18-8-6-7-9-19(18)31-23)32-24-27-21(29-4)15-22(28-24)30-5/h6-13,15,20H,14H2,1-5H3. The highest BCUT2D eigenvalue weighted by molar-refractivity contribution is 5.72. The van der Waals surface area contributed by atoms with Crippen LogP contribution in [0.25, 0.3) is 11.1 Å². The first kappa shape index (κ1) is 21.6. The summed E-state index contributed by atoms with van der Waals surface area (Å²) in [7, 11) is 3.07. The number of methoxy groups -OCH3 is 2. The van der Waals surface area contributed by atoms with Crippen molar-refractivity contribution in [1.82, 2.24) is 15.0 Å². The van der Waals surface area contributed by atoms with E-state index in [1.807, 2.05) is 24.3 Å². The summed E-state index contributed by atoms with van der Waals surface area (Å²) in [6, 6.07) is 17.8. The van der Waals surface area contributed by atoms with Crippen molar-refractivity contribution in [2.45, 2.75) is 38.7 Å². The van der Waals surface area contributed by atoms with Crippen molar-refractivity contribution >= 4 is 11.1 Å². The molecule has 0 aliphatic heterocycles. The monoisotopic (exact) mass is 433 g/mol. The molecule has 0 amide bonds. The van der Waals surface area contributed by atoms with Gasteiger partial charge in [-0.1, -0.05) is 57.2 Å². The van der Waals surface area contributed by atoms with E-state index in [1.54, 1.807) is 6.07 Å². The van der Waals surface area contributed by atoms with Crippen LogP contribution in [0.15, 0.2) is 59.0 Å². The first-order chi connectivity index (χ1) is 15.4. The van der Waals surface area contributed by atoms with Crippen molar-refractivity contribution in [3.05, 3.63) is 71.6 Å². The van der Waals surface area contributed by atoms with Gasteiger partial charge in [0.25, 0.3) is 0 Å². The zero-order valence-electron chi connectivity index (χ0n) is 19.0. The zero-order valence-corrected chi connectivity index (χ0v) is 19.0. The van der Waals surface area contributed by atoms with E-state index in [9.17, 15) is 0 Å². The number of aromatic nitrogens is 3. The average Bonchev–Trinajstić information content (AvgIpc) is 3.20. The Balaban J connectivity index is 1.69. The summed E-state index contributed by atoms with van der Waals surface area (Å²) in [6.45, 7) is 6.56. The molecular formula is C25H27N3O4. The number of oxazole rings is 1. The molecule has 7 nitrogen and oxygen atoms in total. The third-order valence-corrected chi connectivity index (χ3v) is 5.17. The van der Waals surface area contributed by atoms with Gasteiger partial charge in [0.2, 0.25) is 11.8 Å². The number of rotatable bonds is 7. The number of hydrogen-bond acceptors (Lipinski definition) is 7. The molecule has 166 valence electrons. The summed E-state index contributed by atoms with van der Waals surface area (Å²) in [6.07, 6.45) is -0.0132. The van der Waals surface area contributed by atoms with E-state index in [4.69, 9.17) is 18.6 Å². The lowest BCUT2D eigenvalue weighted by molar-refractivity contribution is 0.174. The van der Waals surface area contributed by atoms with E-state index >= 15 is 0 Å². The molecule has 0 saturated carbocycles. The molecule has 0 aliphatic carbocycles. The summed E-state index contributed by atoms with van der Waals surface area (Å²) in [5.74, 6) is 1.29. The van der Waals surface area contributed by atoms with E-state index < -0.39 is 6.10 Å². The minimum atomic E-state index is -0.422. The maximum absolute atomic E-state index is 6.23. The van der Waals surface area contributed by atoms with E-state index in [0.717, 1.165) is 16.7 Å². The number of para-hydroxylation sites is 2. The first-order valence-corrected chi connectivity index (χ1v) is 10.4. The third kappa shape index (κ3) is 4.82. The highest BCUT2D eigenvalue weighted by atomic mass is 16.5. The first-order valence-electron chi connectivity index (χ1n) is 10.4. The predicted molar refractivity (Wildman–Crippen MR) is 121 cm³/mol. The van der Waals surface area contributed by atoms with Crippen molar-refractivity contribution in [1.29, 1.82) is 0 Å². The molecule has 1 unspecified atom stereocenters. The summed E-state index contributed by atoms with van der Waals surface area (Å²) >= 11 is 0. The predicted octanol–water partition coefficient (Wildman–Crippen LogP) is 5.30. The molecule has 0 saturated heterocycles. The Morgan fingerprint density at radius 1 is 0.875 bits per heavy atom. The Morgan fingerprint density at radius 3 is 2.12 bits per heavy atom. The maximum Gasteiger partial charge on any atom is 0.323 e. The molecule has 2 aromatic carbocycles. The molecule has 0 radical (unpaired) electrons. The third-order valence-electron chi connectivity index (χ3n) is 5.17. The van der Waals surface area contributed by atoms with Crippen LogP contribution < -0.4 is 14.2 Å². The molecule has 0 spiro atoms. The fourth-order valence-corrected chi connectivity index (χ4v) is 3.36. The van der Waals surface area contributed by atoms with Crippen LogP contribution in [0.3, 0.4) is 0 Å². The molecule has 2 aromatic heterocycles. The molecule has 0 aliphatic rings. The Bertz CT molecular complexity index is 1140. The largest absolute Gasteiger partial charge is 0.481 e. The van der Waals surface area contributed by atoms with Crippen molar-refractivity contribution in [3.63, 3.8) is 0 Å². The normalized spacial score (nSPS) is 12.5. The van der Waals surface area contributed by atoms with Crippen LogP contribution in [0, 0.1) is 0 Å². The molecule has 4 rings (SSSR count). The number of hydrogen-bond donors (Lipinski definition) is 0. The Morgan fingerprint density at radius 2 is 1.53 bits per heavy atom. The van der Waals surface area contributed by atoms with Gasteiger partial charge in [-0.05, 0) is 28.7 Å². The second-order valence-corrected chi connectivity index (χ2v) is 8.49. The Hall–Kier alpha value is -3.61. The van der Waals surface area contributed by atoms with E-state index in [-0.39, 0.29) is 11.4 Å². The summed E-state index contributed by atoms with van der Waals surface area (Å²) in [5.41, 5.74) is 3.80. The van der Waals surface area contributed by atoms with Gasteiger partial charge < -0.3 is 18.6 Å². The quantitative estimate of drug-likeness (QED) is 0.391. The van der Waals surface area contributed by atoms with Crippen molar-refractivity contribution in [2.24, 2.45) is 0 Å². The SMILES string of the molecule is COc1cc(OC)nc(OC(Cc2nc3ccccc3o2)c2ccc(C(C)(C)C)cc2)n1. The minimum Gasteiger partial charge on any atom is -0.481 e. The van der Waals surface area contributed by atoms with Gasteiger partial charge in [-0.2, -0.15) is 9.97 Å². The fourth-order valence-electron chi connectivity index (χ4n) is 3.36. The summed E-state index contributed by atoms with van der Waals surface area (Å²) < 4.78 is 22.7. The molecule has 0 N–H and O–H groups in total. The van der Waals surface area contributed by atoms with Crippen LogP contribution in [-0.2, 0) is 11.8 Å². The molecular weight excluding hydrogens is 406 g/mol. The van der Waals surface area contributed by atoms with Crippen LogP contribution in [-0.4, -0.2) is 29.2 Å². The van der Waals surface area contributed by atoms with E-state index in [2.05, 4.69) is 60.0 Å². The topological polar surface area (TPSA) is 79.5 Å². The lowest BCUT2D eigenvalue weighted by atomic mass is 9.86. The van der Waals surface area contributed by atoms with Gasteiger partial charge in [-0.3, -0.25) is 0 Å². The smallest absolute Gasteiger partial charge is 0.323 e. The molecule has 2 heterocycles. The number of fused-ring (bicyclic) bond motifs is 1. The van der Waals surface area contributed by atoms with Gasteiger partial charge in [-0.25, -0.2) is 4.98 Å². The van der Waals surface area contributed by atoms with Crippen LogP contribution >= 0.6 is 0 Å². The van der Waals surface area contributed by atoms with Crippen molar-refractivity contribution in [2.75, 3.05) is 14.2 Å². The molecule has 4 aromatic rings. The summed E-state index contributed by atoms with van der Waals surface area (Å²) in [4.78, 5) is 13.2. The number of nitrogens with zero attached hydrogens (tertiary/aromatic N) is 3. The van der Waals surface area contributed by atoms with Crippen LogP contribution in [0.5, 0.6) is 17.8 Å². The lowest BCUT2D eigenvalue weighted by Gasteiger charge is -2.21. The summed E-state index contributed by atoms with van der Waals surface area (Å²) in [5, 5.41) is 0. The Kier molecular flexibility index (Phi) is 5.99. The second kappa shape index (κ2) is 8.86. The molecule has 7 heteroatoms. The highest BCUT2D eigenvalue weighted by Crippen LogP contribution is 2.30. The average molecular weight is 434 g/mol. The van der Waals surface area contributed by atoms with Crippen LogP contribution in [0.2, 0.25) is 0 Å². The second-order valence-electron chi connectivity index (χ2n) is 8.49. The Labute approximate surface area is 187 Å². The van der Waals surface area contributed by atoms with Gasteiger partial charge in [0.05, 0.1) is 26.7 Å². The van der Waals surface area contributed by atoms with E-state index in [0.29, 0.717) is 24.1 Å². The van der Waals surface area contributed by atoms with Crippen LogP contribution in [0.1, 0.15) is 43.9 Å². The van der Waals surface area contributed by atoms with Gasteiger partial charge in [0.15, 0.2) is 11.5 Å². The molecule has 0 fully saturated rings. The van der Waals surface area contributed by atoms with Gasteiger partial charge in [-0.15, -0.1) is 0 Å². The zero-order chi connectivity index (χ0) is 22.7. The molecule has 32 heavy (non-hydrogen) atoms. The number of ether oxygens (including phenoxy) is 3. The van der Waals surface area contributed by atoms with E-state index in [1.165, 1.54) is 19.8 Å². The van der Waals surface area contributed by atoms with Gasteiger partial charge >= 0.3 is 6.01 Å². The molecule has 0 bridgehead atoms. The molecule has 1 atom stereocenters.